The number of aliphatic hydroxyl groups excluding tert-OH is 1. The second kappa shape index (κ2) is 5.67. The van der Waals surface area contributed by atoms with Crippen molar-refractivity contribution in [2.45, 2.75) is 39.8 Å². The Kier molecular flexibility index (Phi) is 4.51. The van der Waals surface area contributed by atoms with Crippen LogP contribution >= 0.6 is 0 Å². The summed E-state index contributed by atoms with van der Waals surface area (Å²) in [6.07, 6.45) is 0.519. The number of hydrogen-bond acceptors (Lipinski definition) is 4. The lowest BCUT2D eigenvalue weighted by Gasteiger charge is -2.13. The Morgan fingerprint density at radius 2 is 2.29 bits per heavy atom. The zero-order valence-electron chi connectivity index (χ0n) is 10.5. The fourth-order valence-electron chi connectivity index (χ4n) is 1.62. The molecule has 1 unspecified atom stereocenters. The van der Waals surface area contributed by atoms with Crippen molar-refractivity contribution < 1.29 is 9.90 Å². The van der Waals surface area contributed by atoms with Gasteiger partial charge in [-0.15, -0.1) is 0 Å². The highest BCUT2D eigenvalue weighted by atomic mass is 16.3. The van der Waals surface area contributed by atoms with Crippen LogP contribution in [0.25, 0.3) is 0 Å². The van der Waals surface area contributed by atoms with Gasteiger partial charge in [0.1, 0.15) is 5.69 Å². The molecule has 96 valence electrons. The van der Waals surface area contributed by atoms with Gasteiger partial charge in [0.05, 0.1) is 11.4 Å². The summed E-state index contributed by atoms with van der Waals surface area (Å²) in [5.41, 5.74) is 7.31. The molecule has 4 N–H and O–H groups in total. The average Bonchev–Trinajstić information content (AvgIpc) is 2.55. The minimum atomic E-state index is -0.245. The molecule has 0 aliphatic carbocycles. The normalized spacial score (nSPS) is 12.5. The van der Waals surface area contributed by atoms with E-state index < -0.39 is 0 Å². The van der Waals surface area contributed by atoms with Crippen LogP contribution in [0.3, 0.4) is 0 Å². The smallest absolute Gasteiger partial charge is 0.271 e. The molecule has 0 bridgehead atoms. The lowest BCUT2D eigenvalue weighted by Crippen LogP contribution is -2.35. The van der Waals surface area contributed by atoms with Gasteiger partial charge in [-0.25, -0.2) is 0 Å². The number of hydrogen-bond donors (Lipinski definition) is 3. The zero-order valence-corrected chi connectivity index (χ0v) is 10.5. The maximum atomic E-state index is 12.0. The SMILES string of the molecule is CCn1nc(C)c(N)c1C(=O)NC(C)CCO. The summed E-state index contributed by atoms with van der Waals surface area (Å²) in [5, 5.41) is 15.8. The van der Waals surface area contributed by atoms with Gasteiger partial charge in [0, 0.05) is 19.2 Å². The molecular formula is C11H20N4O2. The quantitative estimate of drug-likeness (QED) is 0.689. The van der Waals surface area contributed by atoms with Crippen molar-refractivity contribution in [1.82, 2.24) is 15.1 Å². The molecule has 1 rings (SSSR count). The monoisotopic (exact) mass is 240 g/mol. The molecule has 1 amide bonds. The Bertz CT molecular complexity index is 400. The Morgan fingerprint density at radius 3 is 2.82 bits per heavy atom. The van der Waals surface area contributed by atoms with Crippen molar-refractivity contribution in [3.05, 3.63) is 11.4 Å². The number of nitrogens with one attached hydrogen (secondary N) is 1. The number of aryl methyl sites for hydroxylation is 2. The van der Waals surface area contributed by atoms with Gasteiger partial charge in [-0.05, 0) is 27.2 Å². The lowest BCUT2D eigenvalue weighted by atomic mass is 10.2. The van der Waals surface area contributed by atoms with Gasteiger partial charge >= 0.3 is 0 Å². The summed E-state index contributed by atoms with van der Waals surface area (Å²) < 4.78 is 1.59. The third-order valence-electron chi connectivity index (χ3n) is 2.63. The van der Waals surface area contributed by atoms with E-state index in [0.29, 0.717) is 30.0 Å². The van der Waals surface area contributed by atoms with Gasteiger partial charge in [-0.1, -0.05) is 0 Å². The fourth-order valence-corrected chi connectivity index (χ4v) is 1.62. The Labute approximate surface area is 101 Å². The number of carbonyl (C=O) groups is 1. The number of anilines is 1. The predicted octanol–water partition coefficient (Wildman–Crippen LogP) is 0.294. The van der Waals surface area contributed by atoms with Crippen LogP contribution in [0.2, 0.25) is 0 Å². The zero-order chi connectivity index (χ0) is 13.0. The van der Waals surface area contributed by atoms with Gasteiger partial charge in [0.15, 0.2) is 0 Å². The van der Waals surface area contributed by atoms with Crippen LogP contribution < -0.4 is 11.1 Å². The Balaban J connectivity index is 2.88. The van der Waals surface area contributed by atoms with Crippen molar-refractivity contribution in [2.75, 3.05) is 12.3 Å². The first kappa shape index (κ1) is 13.5. The summed E-state index contributed by atoms with van der Waals surface area (Å²) in [5.74, 6) is -0.245. The van der Waals surface area contributed by atoms with Crippen molar-refractivity contribution in [1.29, 1.82) is 0 Å². The highest BCUT2D eigenvalue weighted by Gasteiger charge is 2.20. The molecule has 6 heteroatoms. The fraction of sp³-hybridized carbons (Fsp3) is 0.636. The molecule has 0 fully saturated rings. The molecular weight excluding hydrogens is 220 g/mol. The summed E-state index contributed by atoms with van der Waals surface area (Å²) in [6, 6.07) is -0.0904. The second-order valence-electron chi connectivity index (χ2n) is 4.05. The molecule has 0 radical (unpaired) electrons. The van der Waals surface area contributed by atoms with E-state index in [2.05, 4.69) is 10.4 Å². The topological polar surface area (TPSA) is 93.2 Å². The maximum Gasteiger partial charge on any atom is 0.271 e. The molecule has 0 spiro atoms. The van der Waals surface area contributed by atoms with Crippen molar-refractivity contribution in [3.8, 4) is 0 Å². The van der Waals surface area contributed by atoms with E-state index in [1.165, 1.54) is 0 Å². The molecule has 6 nitrogen and oxygen atoms in total. The Morgan fingerprint density at radius 1 is 1.65 bits per heavy atom. The predicted molar refractivity (Wildman–Crippen MR) is 65.7 cm³/mol. The van der Waals surface area contributed by atoms with Gasteiger partial charge in [0.2, 0.25) is 0 Å². The van der Waals surface area contributed by atoms with Crippen LogP contribution in [0.5, 0.6) is 0 Å². The number of carbonyl (C=O) groups excluding carboxylic acids is 1. The Hall–Kier alpha value is -1.56. The first-order chi connectivity index (χ1) is 8.01. The second-order valence-corrected chi connectivity index (χ2v) is 4.05. The van der Waals surface area contributed by atoms with Gasteiger partial charge in [-0.3, -0.25) is 9.48 Å². The standard InChI is InChI=1S/C11H20N4O2/c1-4-15-10(9(12)8(3)14-15)11(17)13-7(2)5-6-16/h7,16H,4-6,12H2,1-3H3,(H,13,17). The van der Waals surface area contributed by atoms with Crippen LogP contribution in [0.1, 0.15) is 36.5 Å². The third-order valence-corrected chi connectivity index (χ3v) is 2.63. The third kappa shape index (κ3) is 2.97. The average molecular weight is 240 g/mol. The maximum absolute atomic E-state index is 12.0. The molecule has 1 aromatic heterocycles. The summed E-state index contributed by atoms with van der Waals surface area (Å²) >= 11 is 0. The highest BCUT2D eigenvalue weighted by Crippen LogP contribution is 2.16. The molecule has 1 atom stereocenters. The molecule has 1 heterocycles. The molecule has 0 aliphatic heterocycles. The number of nitrogens with two attached hydrogens (primary N) is 1. The number of aliphatic hydroxyl groups is 1. The number of aromatic nitrogens is 2. The van der Waals surface area contributed by atoms with E-state index in [1.54, 1.807) is 11.6 Å². The van der Waals surface area contributed by atoms with E-state index >= 15 is 0 Å². The lowest BCUT2D eigenvalue weighted by molar-refractivity contribution is 0.0924. The van der Waals surface area contributed by atoms with Crippen LogP contribution in [-0.2, 0) is 6.54 Å². The molecule has 0 saturated carbocycles. The summed E-state index contributed by atoms with van der Waals surface area (Å²) in [6.45, 7) is 6.15. The van der Waals surface area contributed by atoms with Crippen molar-refractivity contribution in [3.63, 3.8) is 0 Å². The van der Waals surface area contributed by atoms with Crippen molar-refractivity contribution in [2.24, 2.45) is 0 Å². The minimum Gasteiger partial charge on any atom is -0.396 e. The van der Waals surface area contributed by atoms with Gasteiger partial charge in [-0.2, -0.15) is 5.10 Å². The van der Waals surface area contributed by atoms with Gasteiger partial charge < -0.3 is 16.2 Å². The van der Waals surface area contributed by atoms with Crippen LogP contribution in [0.15, 0.2) is 0 Å². The molecule has 0 aromatic carbocycles. The van der Waals surface area contributed by atoms with E-state index in [9.17, 15) is 4.79 Å². The van der Waals surface area contributed by atoms with E-state index in [-0.39, 0.29) is 18.6 Å². The number of nitrogens with zero attached hydrogens (tertiary/aromatic N) is 2. The van der Waals surface area contributed by atoms with Crippen LogP contribution in [0, 0.1) is 6.92 Å². The van der Waals surface area contributed by atoms with E-state index in [0.717, 1.165) is 0 Å². The molecule has 1 aromatic rings. The number of amides is 1. The number of rotatable bonds is 5. The van der Waals surface area contributed by atoms with E-state index in [4.69, 9.17) is 10.8 Å². The highest BCUT2D eigenvalue weighted by molar-refractivity contribution is 5.98. The van der Waals surface area contributed by atoms with Crippen LogP contribution in [0.4, 0.5) is 5.69 Å². The minimum absolute atomic E-state index is 0.0446. The summed E-state index contributed by atoms with van der Waals surface area (Å²) in [7, 11) is 0. The van der Waals surface area contributed by atoms with E-state index in [1.807, 2.05) is 13.8 Å². The molecule has 0 aliphatic rings. The molecule has 17 heavy (non-hydrogen) atoms. The van der Waals surface area contributed by atoms with Crippen LogP contribution in [-0.4, -0.2) is 33.4 Å². The molecule has 0 saturated heterocycles. The first-order valence-electron chi connectivity index (χ1n) is 5.75. The first-order valence-corrected chi connectivity index (χ1v) is 5.75. The van der Waals surface area contributed by atoms with Crippen molar-refractivity contribution >= 4 is 11.6 Å². The summed E-state index contributed by atoms with van der Waals surface area (Å²) in [4.78, 5) is 12.0. The largest absolute Gasteiger partial charge is 0.396 e. The van der Waals surface area contributed by atoms with Gasteiger partial charge in [0.25, 0.3) is 5.91 Å². The number of nitrogen functional groups attached to an aromatic ring is 1.